The highest BCUT2D eigenvalue weighted by Gasteiger charge is 2.13. The molecule has 0 fully saturated rings. The van der Waals surface area contributed by atoms with Crippen LogP contribution in [0.2, 0.25) is 0 Å². The minimum absolute atomic E-state index is 0.170. The highest BCUT2D eigenvalue weighted by Crippen LogP contribution is 2.26. The van der Waals surface area contributed by atoms with E-state index >= 15 is 0 Å². The quantitative estimate of drug-likeness (QED) is 0.893. The van der Waals surface area contributed by atoms with Gasteiger partial charge in [-0.1, -0.05) is 12.1 Å². The van der Waals surface area contributed by atoms with Crippen LogP contribution in [0.15, 0.2) is 35.7 Å². The fraction of sp³-hybridized carbons (Fsp3) is 0.154. The van der Waals surface area contributed by atoms with Gasteiger partial charge < -0.3 is 16.0 Å². The maximum absolute atomic E-state index is 12.1. The van der Waals surface area contributed by atoms with Gasteiger partial charge in [0.2, 0.25) is 0 Å². The summed E-state index contributed by atoms with van der Waals surface area (Å²) < 4.78 is 0. The molecule has 3 N–H and O–H groups in total. The van der Waals surface area contributed by atoms with Gasteiger partial charge in [0, 0.05) is 14.1 Å². The summed E-state index contributed by atoms with van der Waals surface area (Å²) >= 11 is 1.34. The van der Waals surface area contributed by atoms with Gasteiger partial charge in [-0.05, 0) is 23.6 Å². The standard InChI is InChI=1S/C13H15N3OS/c1-16(2)11-6-4-3-5-10(11)15-13(17)12-9(14)7-8-18-12/h3-8H,14H2,1-2H3,(H,15,17). The van der Waals surface area contributed by atoms with Gasteiger partial charge in [-0.2, -0.15) is 0 Å². The molecule has 0 aliphatic carbocycles. The van der Waals surface area contributed by atoms with Gasteiger partial charge in [-0.3, -0.25) is 4.79 Å². The first kappa shape index (κ1) is 12.4. The molecule has 94 valence electrons. The van der Waals surface area contributed by atoms with Crippen molar-refractivity contribution in [2.45, 2.75) is 0 Å². The molecule has 0 aliphatic heterocycles. The van der Waals surface area contributed by atoms with E-state index in [0.29, 0.717) is 10.6 Å². The number of nitrogens with zero attached hydrogens (tertiary/aromatic N) is 1. The van der Waals surface area contributed by atoms with Crippen LogP contribution >= 0.6 is 11.3 Å². The molecule has 1 heterocycles. The average Bonchev–Trinajstić information content (AvgIpc) is 2.76. The largest absolute Gasteiger partial charge is 0.397 e. The molecule has 0 aliphatic rings. The second-order valence-corrected chi connectivity index (χ2v) is 4.99. The molecule has 0 spiro atoms. The molecule has 0 bridgehead atoms. The first-order chi connectivity index (χ1) is 8.59. The van der Waals surface area contributed by atoms with Gasteiger partial charge >= 0.3 is 0 Å². The monoisotopic (exact) mass is 261 g/mol. The Kier molecular flexibility index (Phi) is 3.53. The predicted octanol–water partition coefficient (Wildman–Crippen LogP) is 2.65. The molecule has 0 saturated heterocycles. The van der Waals surface area contributed by atoms with Gasteiger partial charge in [-0.25, -0.2) is 0 Å². The lowest BCUT2D eigenvalue weighted by Crippen LogP contribution is -2.16. The number of carbonyl (C=O) groups is 1. The number of benzene rings is 1. The zero-order valence-electron chi connectivity index (χ0n) is 10.3. The highest BCUT2D eigenvalue weighted by atomic mass is 32.1. The average molecular weight is 261 g/mol. The van der Waals surface area contributed by atoms with E-state index in [1.165, 1.54) is 11.3 Å². The topological polar surface area (TPSA) is 58.4 Å². The van der Waals surface area contributed by atoms with Crippen LogP contribution < -0.4 is 16.0 Å². The van der Waals surface area contributed by atoms with Crippen molar-refractivity contribution in [3.8, 4) is 0 Å². The molecule has 0 radical (unpaired) electrons. The number of rotatable bonds is 3. The number of hydrogen-bond acceptors (Lipinski definition) is 4. The summed E-state index contributed by atoms with van der Waals surface area (Å²) in [6, 6.07) is 9.38. The normalized spacial score (nSPS) is 10.1. The molecule has 0 atom stereocenters. The van der Waals surface area contributed by atoms with Gasteiger partial charge in [-0.15, -0.1) is 11.3 Å². The lowest BCUT2D eigenvalue weighted by atomic mass is 10.2. The number of nitrogens with one attached hydrogen (secondary N) is 1. The number of hydrogen-bond donors (Lipinski definition) is 2. The summed E-state index contributed by atoms with van der Waals surface area (Å²) in [5.41, 5.74) is 7.98. The van der Waals surface area contributed by atoms with Gasteiger partial charge in [0.25, 0.3) is 5.91 Å². The Morgan fingerprint density at radius 3 is 2.61 bits per heavy atom. The Bertz CT molecular complexity index is 563. The lowest BCUT2D eigenvalue weighted by molar-refractivity contribution is 0.103. The molecule has 2 rings (SSSR count). The minimum Gasteiger partial charge on any atom is -0.397 e. The molecule has 5 heteroatoms. The number of nitrogen functional groups attached to an aromatic ring is 1. The predicted molar refractivity (Wildman–Crippen MR) is 77.5 cm³/mol. The number of amides is 1. The maximum Gasteiger partial charge on any atom is 0.267 e. The Balaban J connectivity index is 2.25. The molecular weight excluding hydrogens is 246 g/mol. The Hall–Kier alpha value is -2.01. The van der Waals surface area contributed by atoms with Crippen molar-refractivity contribution in [2.24, 2.45) is 0 Å². The summed E-state index contributed by atoms with van der Waals surface area (Å²) in [7, 11) is 3.87. The fourth-order valence-electron chi connectivity index (χ4n) is 1.65. The highest BCUT2D eigenvalue weighted by molar-refractivity contribution is 7.12. The first-order valence-electron chi connectivity index (χ1n) is 5.50. The smallest absolute Gasteiger partial charge is 0.267 e. The summed E-state index contributed by atoms with van der Waals surface area (Å²) in [4.78, 5) is 14.6. The van der Waals surface area contributed by atoms with Crippen molar-refractivity contribution in [1.29, 1.82) is 0 Å². The molecule has 2 aromatic rings. The number of anilines is 3. The minimum atomic E-state index is -0.170. The van der Waals surface area contributed by atoms with E-state index in [4.69, 9.17) is 5.73 Å². The second-order valence-electron chi connectivity index (χ2n) is 4.07. The van der Waals surface area contributed by atoms with Crippen molar-refractivity contribution in [1.82, 2.24) is 0 Å². The fourth-order valence-corrected chi connectivity index (χ4v) is 2.37. The van der Waals surface area contributed by atoms with Crippen LogP contribution in [0, 0.1) is 0 Å². The SMILES string of the molecule is CN(C)c1ccccc1NC(=O)c1sccc1N. The van der Waals surface area contributed by atoms with Crippen LogP contribution in [-0.4, -0.2) is 20.0 Å². The first-order valence-corrected chi connectivity index (χ1v) is 6.38. The van der Waals surface area contributed by atoms with Crippen molar-refractivity contribution < 1.29 is 4.79 Å². The third-order valence-corrected chi connectivity index (χ3v) is 3.46. The molecule has 4 nitrogen and oxygen atoms in total. The van der Waals surface area contributed by atoms with Crippen molar-refractivity contribution in [3.63, 3.8) is 0 Å². The van der Waals surface area contributed by atoms with Gasteiger partial charge in [0.15, 0.2) is 0 Å². The zero-order chi connectivity index (χ0) is 13.1. The van der Waals surface area contributed by atoms with Crippen LogP contribution in [0.1, 0.15) is 9.67 Å². The maximum atomic E-state index is 12.1. The van der Waals surface area contributed by atoms with E-state index in [0.717, 1.165) is 11.4 Å². The molecular formula is C13H15N3OS. The molecule has 18 heavy (non-hydrogen) atoms. The molecule has 1 amide bonds. The van der Waals surface area contributed by atoms with Crippen LogP contribution in [0.4, 0.5) is 17.1 Å². The van der Waals surface area contributed by atoms with Crippen LogP contribution in [-0.2, 0) is 0 Å². The summed E-state index contributed by atoms with van der Waals surface area (Å²) in [5.74, 6) is -0.170. The number of carbonyl (C=O) groups excluding carboxylic acids is 1. The molecule has 0 saturated carbocycles. The van der Waals surface area contributed by atoms with Crippen LogP contribution in [0.5, 0.6) is 0 Å². The number of para-hydroxylation sites is 2. The van der Waals surface area contributed by atoms with E-state index in [-0.39, 0.29) is 5.91 Å². The third-order valence-electron chi connectivity index (χ3n) is 2.54. The third kappa shape index (κ3) is 2.46. The van der Waals surface area contributed by atoms with E-state index in [2.05, 4.69) is 5.32 Å². The van der Waals surface area contributed by atoms with E-state index < -0.39 is 0 Å². The van der Waals surface area contributed by atoms with E-state index in [9.17, 15) is 4.79 Å². The summed E-state index contributed by atoms with van der Waals surface area (Å²) in [6.07, 6.45) is 0. The molecule has 0 unspecified atom stereocenters. The second kappa shape index (κ2) is 5.10. The Morgan fingerprint density at radius 1 is 1.28 bits per heavy atom. The number of thiophene rings is 1. The summed E-state index contributed by atoms with van der Waals surface area (Å²) in [5, 5.41) is 4.69. The van der Waals surface area contributed by atoms with Crippen molar-refractivity contribution >= 4 is 34.3 Å². The Labute approximate surface area is 110 Å². The van der Waals surface area contributed by atoms with E-state index in [1.54, 1.807) is 6.07 Å². The van der Waals surface area contributed by atoms with Crippen molar-refractivity contribution in [2.75, 3.05) is 30.0 Å². The van der Waals surface area contributed by atoms with Gasteiger partial charge in [0.1, 0.15) is 4.88 Å². The lowest BCUT2D eigenvalue weighted by Gasteiger charge is -2.17. The van der Waals surface area contributed by atoms with Gasteiger partial charge in [0.05, 0.1) is 17.1 Å². The zero-order valence-corrected chi connectivity index (χ0v) is 11.1. The van der Waals surface area contributed by atoms with E-state index in [1.807, 2.05) is 48.6 Å². The number of nitrogens with two attached hydrogens (primary N) is 1. The van der Waals surface area contributed by atoms with Crippen LogP contribution in [0.25, 0.3) is 0 Å². The van der Waals surface area contributed by atoms with Crippen LogP contribution in [0.3, 0.4) is 0 Å². The Morgan fingerprint density at radius 2 is 2.00 bits per heavy atom. The summed E-state index contributed by atoms with van der Waals surface area (Å²) in [6.45, 7) is 0. The van der Waals surface area contributed by atoms with Crippen molar-refractivity contribution in [3.05, 3.63) is 40.6 Å². The molecule has 1 aromatic heterocycles. The molecule has 1 aromatic carbocycles.